The van der Waals surface area contributed by atoms with Gasteiger partial charge >= 0.3 is 0 Å². The summed E-state index contributed by atoms with van der Waals surface area (Å²) in [4.78, 5) is 18.6. The van der Waals surface area contributed by atoms with Gasteiger partial charge in [0.15, 0.2) is 5.13 Å². The minimum Gasteiger partial charge on any atom is -0.301 e. The molecule has 0 aromatic carbocycles. The lowest BCUT2D eigenvalue weighted by atomic mass is 10.1. The second kappa shape index (κ2) is 7.51. The summed E-state index contributed by atoms with van der Waals surface area (Å²) in [7, 11) is 1.99. The molecule has 2 aromatic rings. The van der Waals surface area contributed by atoms with Crippen LogP contribution in [0.4, 0.5) is 5.13 Å². The fourth-order valence-corrected chi connectivity index (χ4v) is 3.09. The number of aromatic nitrogens is 3. The number of H-pyrrole nitrogens is 1. The summed E-state index contributed by atoms with van der Waals surface area (Å²) in [6, 6.07) is -0.156. The van der Waals surface area contributed by atoms with E-state index in [2.05, 4.69) is 25.4 Å². The van der Waals surface area contributed by atoms with Crippen LogP contribution in [0, 0.1) is 13.8 Å². The molecule has 6 nitrogen and oxygen atoms in total. The number of carbonyl (C=O) groups is 1. The van der Waals surface area contributed by atoms with Gasteiger partial charge in [-0.3, -0.25) is 14.8 Å². The minimum absolute atomic E-state index is 0.000544. The fourth-order valence-electron chi connectivity index (χ4n) is 2.56. The summed E-state index contributed by atoms with van der Waals surface area (Å²) in [5.41, 5.74) is 3.37. The van der Waals surface area contributed by atoms with Gasteiger partial charge in [-0.1, -0.05) is 6.92 Å². The Balaban J connectivity index is 1.93. The van der Waals surface area contributed by atoms with Crippen molar-refractivity contribution in [2.45, 2.75) is 39.7 Å². The van der Waals surface area contributed by atoms with E-state index in [1.54, 1.807) is 6.20 Å². The second-order valence-corrected chi connectivity index (χ2v) is 6.29. The Morgan fingerprint density at radius 2 is 2.27 bits per heavy atom. The van der Waals surface area contributed by atoms with Gasteiger partial charge in [-0.2, -0.15) is 5.10 Å². The molecule has 120 valence electrons. The molecule has 2 rings (SSSR count). The Kier molecular flexibility index (Phi) is 5.68. The van der Waals surface area contributed by atoms with Crippen LogP contribution in [0.2, 0.25) is 0 Å². The van der Waals surface area contributed by atoms with Gasteiger partial charge in [-0.15, -0.1) is 11.3 Å². The molecule has 22 heavy (non-hydrogen) atoms. The van der Waals surface area contributed by atoms with E-state index in [-0.39, 0.29) is 11.9 Å². The van der Waals surface area contributed by atoms with E-state index in [1.807, 2.05) is 33.2 Å². The summed E-state index contributed by atoms with van der Waals surface area (Å²) in [6.45, 7) is 6.87. The van der Waals surface area contributed by atoms with Crippen LogP contribution in [0.1, 0.15) is 30.3 Å². The van der Waals surface area contributed by atoms with Crippen molar-refractivity contribution >= 4 is 22.4 Å². The molecule has 7 heteroatoms. The van der Waals surface area contributed by atoms with E-state index >= 15 is 0 Å². The first-order valence-electron chi connectivity index (χ1n) is 7.44. The molecule has 0 aliphatic heterocycles. The van der Waals surface area contributed by atoms with Crippen molar-refractivity contribution in [3.05, 3.63) is 28.5 Å². The van der Waals surface area contributed by atoms with Crippen LogP contribution in [0.5, 0.6) is 0 Å². The fraction of sp³-hybridized carbons (Fsp3) is 0.533. The number of amides is 1. The number of hydrogen-bond donors (Lipinski definition) is 2. The number of nitrogens with zero attached hydrogens (tertiary/aromatic N) is 3. The number of carbonyl (C=O) groups excluding carboxylic acids is 1. The average Bonchev–Trinajstić information content (AvgIpc) is 3.09. The van der Waals surface area contributed by atoms with Gasteiger partial charge in [-0.05, 0) is 39.3 Å². The molecule has 0 spiro atoms. The van der Waals surface area contributed by atoms with E-state index in [1.165, 1.54) is 16.9 Å². The number of nitrogens with one attached hydrogen (secondary N) is 2. The standard InChI is InChI=1S/C15H23N5OS/c1-5-13(14(21)17-15-16-7-9-22-15)20(4)8-6-12-10(2)18-19-11(12)3/h7,9,13H,5-6,8H2,1-4H3,(H,18,19)(H,16,17,21). The lowest BCUT2D eigenvalue weighted by Gasteiger charge is -2.25. The highest BCUT2D eigenvalue weighted by Crippen LogP contribution is 2.14. The Labute approximate surface area is 135 Å². The Hall–Kier alpha value is -1.73. The second-order valence-electron chi connectivity index (χ2n) is 5.39. The van der Waals surface area contributed by atoms with E-state index < -0.39 is 0 Å². The maximum atomic E-state index is 12.4. The molecule has 1 unspecified atom stereocenters. The lowest BCUT2D eigenvalue weighted by molar-refractivity contribution is -0.120. The molecule has 1 amide bonds. The van der Waals surface area contributed by atoms with Gasteiger partial charge in [0.05, 0.1) is 11.7 Å². The van der Waals surface area contributed by atoms with Gasteiger partial charge < -0.3 is 5.32 Å². The third-order valence-corrected chi connectivity index (χ3v) is 4.57. The Bertz CT molecular complexity index is 588. The van der Waals surface area contributed by atoms with Crippen molar-refractivity contribution in [2.75, 3.05) is 18.9 Å². The summed E-state index contributed by atoms with van der Waals surface area (Å²) >= 11 is 1.43. The number of thiazole rings is 1. The molecule has 2 N–H and O–H groups in total. The van der Waals surface area contributed by atoms with Gasteiger partial charge in [-0.25, -0.2) is 4.98 Å². The summed E-state index contributed by atoms with van der Waals surface area (Å²) in [5.74, 6) is 0.000544. The summed E-state index contributed by atoms with van der Waals surface area (Å²) < 4.78 is 0. The van der Waals surface area contributed by atoms with Crippen LogP contribution in [0.15, 0.2) is 11.6 Å². The van der Waals surface area contributed by atoms with Crippen molar-refractivity contribution in [2.24, 2.45) is 0 Å². The highest BCUT2D eigenvalue weighted by atomic mass is 32.1. The normalized spacial score (nSPS) is 12.6. The molecule has 0 bridgehead atoms. The van der Waals surface area contributed by atoms with Crippen molar-refractivity contribution < 1.29 is 4.79 Å². The number of hydrogen-bond acceptors (Lipinski definition) is 5. The molecule has 0 saturated heterocycles. The van der Waals surface area contributed by atoms with Gasteiger partial charge in [0.2, 0.25) is 5.91 Å². The van der Waals surface area contributed by atoms with Crippen molar-refractivity contribution in [1.29, 1.82) is 0 Å². The first kappa shape index (κ1) is 16.6. The Morgan fingerprint density at radius 1 is 1.50 bits per heavy atom. The van der Waals surface area contributed by atoms with Crippen molar-refractivity contribution in [3.63, 3.8) is 0 Å². The zero-order valence-corrected chi connectivity index (χ0v) is 14.3. The van der Waals surface area contributed by atoms with Gasteiger partial charge in [0.25, 0.3) is 0 Å². The van der Waals surface area contributed by atoms with Crippen molar-refractivity contribution in [1.82, 2.24) is 20.1 Å². The SMILES string of the molecule is CCC(C(=O)Nc1nccs1)N(C)CCc1c(C)n[nH]c1C. The molecule has 2 heterocycles. The van der Waals surface area contributed by atoms with E-state index in [0.29, 0.717) is 5.13 Å². The van der Waals surface area contributed by atoms with Crippen LogP contribution in [-0.2, 0) is 11.2 Å². The molecule has 0 fully saturated rings. The quantitative estimate of drug-likeness (QED) is 0.821. The highest BCUT2D eigenvalue weighted by Gasteiger charge is 2.22. The molecule has 2 aromatic heterocycles. The smallest absolute Gasteiger partial charge is 0.243 e. The van der Waals surface area contributed by atoms with E-state index in [9.17, 15) is 4.79 Å². The summed E-state index contributed by atoms with van der Waals surface area (Å²) in [5, 5.41) is 12.6. The molecule has 0 aliphatic rings. The number of aryl methyl sites for hydroxylation is 2. The number of likely N-dealkylation sites (N-methyl/N-ethyl adjacent to an activating group) is 1. The molecule has 0 aliphatic carbocycles. The Morgan fingerprint density at radius 3 is 2.82 bits per heavy atom. The zero-order valence-electron chi connectivity index (χ0n) is 13.5. The molecular weight excluding hydrogens is 298 g/mol. The van der Waals surface area contributed by atoms with E-state index in [4.69, 9.17) is 0 Å². The zero-order chi connectivity index (χ0) is 16.1. The van der Waals surface area contributed by atoms with Crippen LogP contribution in [-0.4, -0.2) is 45.6 Å². The van der Waals surface area contributed by atoms with E-state index in [0.717, 1.165) is 30.8 Å². The first-order valence-corrected chi connectivity index (χ1v) is 8.32. The highest BCUT2D eigenvalue weighted by molar-refractivity contribution is 7.13. The van der Waals surface area contributed by atoms with Gasteiger partial charge in [0, 0.05) is 23.8 Å². The molecule has 0 radical (unpaired) electrons. The topological polar surface area (TPSA) is 73.9 Å². The first-order chi connectivity index (χ1) is 10.5. The van der Waals surface area contributed by atoms with Gasteiger partial charge in [0.1, 0.15) is 0 Å². The van der Waals surface area contributed by atoms with Crippen LogP contribution >= 0.6 is 11.3 Å². The predicted octanol–water partition coefficient (Wildman–Crippen LogP) is 2.37. The van der Waals surface area contributed by atoms with Crippen LogP contribution in [0.3, 0.4) is 0 Å². The third kappa shape index (κ3) is 3.92. The number of anilines is 1. The predicted molar refractivity (Wildman–Crippen MR) is 89.2 cm³/mol. The minimum atomic E-state index is -0.156. The molecular formula is C15H23N5OS. The maximum absolute atomic E-state index is 12.4. The monoisotopic (exact) mass is 321 g/mol. The largest absolute Gasteiger partial charge is 0.301 e. The maximum Gasteiger partial charge on any atom is 0.243 e. The van der Waals surface area contributed by atoms with Crippen molar-refractivity contribution in [3.8, 4) is 0 Å². The van der Waals surface area contributed by atoms with Crippen LogP contribution < -0.4 is 5.32 Å². The van der Waals surface area contributed by atoms with Crippen LogP contribution in [0.25, 0.3) is 0 Å². The molecule has 1 atom stereocenters. The number of rotatable bonds is 7. The number of aromatic amines is 1. The summed E-state index contributed by atoms with van der Waals surface area (Å²) in [6.07, 6.45) is 3.33. The lowest BCUT2D eigenvalue weighted by Crippen LogP contribution is -2.42. The average molecular weight is 321 g/mol. The molecule has 0 saturated carbocycles. The third-order valence-electron chi connectivity index (χ3n) is 3.88.